The van der Waals surface area contributed by atoms with Gasteiger partial charge in [-0.3, -0.25) is 14.5 Å². The third-order valence-electron chi connectivity index (χ3n) is 4.27. The Labute approximate surface area is 166 Å². The Morgan fingerprint density at radius 2 is 1.73 bits per heavy atom. The van der Waals surface area contributed by atoms with Crippen LogP contribution < -0.4 is 5.32 Å². The number of carbonyl (C=O) groups excluding carboxylic acids is 2. The molecule has 138 valence electrons. The molecule has 1 fully saturated rings. The highest BCUT2D eigenvalue weighted by molar-refractivity contribution is 7.08. The van der Waals surface area contributed by atoms with Crippen LogP contribution >= 0.6 is 34.5 Å². The summed E-state index contributed by atoms with van der Waals surface area (Å²) in [6.45, 7) is 4.27. The molecule has 0 unspecified atom stereocenters. The Morgan fingerprint density at radius 3 is 2.35 bits per heavy atom. The molecule has 2 amide bonds. The lowest BCUT2D eigenvalue weighted by Crippen LogP contribution is -2.50. The van der Waals surface area contributed by atoms with Gasteiger partial charge in [0, 0.05) is 60.3 Å². The highest BCUT2D eigenvalue weighted by atomic mass is 35.5. The van der Waals surface area contributed by atoms with Crippen LogP contribution in [0.2, 0.25) is 10.0 Å². The van der Waals surface area contributed by atoms with Gasteiger partial charge in [-0.1, -0.05) is 23.2 Å². The minimum Gasteiger partial charge on any atom is -0.351 e. The van der Waals surface area contributed by atoms with E-state index in [4.69, 9.17) is 23.2 Å². The molecule has 0 aliphatic carbocycles. The van der Waals surface area contributed by atoms with Crippen molar-refractivity contribution in [1.29, 1.82) is 0 Å². The predicted octanol–water partition coefficient (Wildman–Crippen LogP) is 3.24. The zero-order chi connectivity index (χ0) is 18.5. The number of thiophene rings is 1. The number of halogens is 2. The molecular formula is C18H19Cl2N3O2S. The summed E-state index contributed by atoms with van der Waals surface area (Å²) in [7, 11) is 0. The van der Waals surface area contributed by atoms with Crippen LogP contribution in [0.25, 0.3) is 0 Å². The lowest BCUT2D eigenvalue weighted by Gasteiger charge is -2.34. The molecule has 26 heavy (non-hydrogen) atoms. The average Bonchev–Trinajstić information content (AvgIpc) is 3.15. The summed E-state index contributed by atoms with van der Waals surface area (Å²) in [6, 6.07) is 6.64. The van der Waals surface area contributed by atoms with Gasteiger partial charge < -0.3 is 10.2 Å². The standard InChI is InChI=1S/C18H19Cl2N3O2S/c19-15-9-14(10-16(20)11-15)17(24)21-2-3-22-4-6-23(7-5-22)18(25)13-1-8-26-12-13/h1,8-12H,2-7H2,(H,21,24). The maximum atomic E-state index is 12.3. The van der Waals surface area contributed by atoms with Gasteiger partial charge in [-0.05, 0) is 29.6 Å². The van der Waals surface area contributed by atoms with Crippen LogP contribution in [0.1, 0.15) is 20.7 Å². The molecule has 1 aromatic heterocycles. The van der Waals surface area contributed by atoms with Crippen molar-refractivity contribution in [3.8, 4) is 0 Å². The Balaban J connectivity index is 1.41. The Morgan fingerprint density at radius 1 is 1.04 bits per heavy atom. The molecular weight excluding hydrogens is 393 g/mol. The van der Waals surface area contributed by atoms with Crippen molar-refractivity contribution in [1.82, 2.24) is 15.1 Å². The second-order valence-electron chi connectivity index (χ2n) is 6.06. The first-order chi connectivity index (χ1) is 12.5. The monoisotopic (exact) mass is 411 g/mol. The quantitative estimate of drug-likeness (QED) is 0.821. The summed E-state index contributed by atoms with van der Waals surface area (Å²) in [6.07, 6.45) is 0. The number of hydrogen-bond donors (Lipinski definition) is 1. The van der Waals surface area contributed by atoms with E-state index in [9.17, 15) is 9.59 Å². The van der Waals surface area contributed by atoms with Crippen LogP contribution in [0.15, 0.2) is 35.0 Å². The van der Waals surface area contributed by atoms with Crippen molar-refractivity contribution in [2.45, 2.75) is 0 Å². The summed E-state index contributed by atoms with van der Waals surface area (Å²) in [4.78, 5) is 28.6. The summed E-state index contributed by atoms with van der Waals surface area (Å²) >= 11 is 13.4. The fourth-order valence-electron chi connectivity index (χ4n) is 2.86. The Hall–Kier alpha value is -1.60. The van der Waals surface area contributed by atoms with E-state index in [2.05, 4.69) is 10.2 Å². The van der Waals surface area contributed by atoms with Crippen LogP contribution in [-0.2, 0) is 0 Å². The number of amides is 2. The number of piperazine rings is 1. The number of carbonyl (C=O) groups is 2. The van der Waals surface area contributed by atoms with Crippen molar-refractivity contribution < 1.29 is 9.59 Å². The van der Waals surface area contributed by atoms with Crippen LogP contribution in [0.3, 0.4) is 0 Å². The molecule has 0 atom stereocenters. The van der Waals surface area contributed by atoms with Gasteiger partial charge in [0.2, 0.25) is 0 Å². The van der Waals surface area contributed by atoms with E-state index < -0.39 is 0 Å². The van der Waals surface area contributed by atoms with E-state index in [0.717, 1.165) is 25.2 Å². The summed E-state index contributed by atoms with van der Waals surface area (Å²) in [5.74, 6) is -0.0993. The van der Waals surface area contributed by atoms with Gasteiger partial charge in [-0.15, -0.1) is 0 Å². The van der Waals surface area contributed by atoms with Gasteiger partial charge in [0.15, 0.2) is 0 Å². The molecule has 1 aliphatic rings. The number of benzene rings is 1. The second kappa shape index (κ2) is 8.86. The smallest absolute Gasteiger partial charge is 0.254 e. The molecule has 1 aromatic carbocycles. The van der Waals surface area contributed by atoms with Crippen molar-refractivity contribution in [3.05, 3.63) is 56.2 Å². The average molecular weight is 412 g/mol. The zero-order valence-electron chi connectivity index (χ0n) is 14.1. The lowest BCUT2D eigenvalue weighted by molar-refractivity contribution is 0.0638. The normalized spacial score (nSPS) is 15.1. The molecule has 0 spiro atoms. The lowest BCUT2D eigenvalue weighted by atomic mass is 10.2. The topological polar surface area (TPSA) is 52.7 Å². The number of nitrogens with one attached hydrogen (secondary N) is 1. The maximum Gasteiger partial charge on any atom is 0.254 e. The van der Waals surface area contributed by atoms with Crippen LogP contribution in [0.5, 0.6) is 0 Å². The Bertz CT molecular complexity index is 754. The van der Waals surface area contributed by atoms with E-state index in [0.29, 0.717) is 35.2 Å². The van der Waals surface area contributed by atoms with Crippen molar-refractivity contribution in [3.63, 3.8) is 0 Å². The molecule has 1 N–H and O–H groups in total. The van der Waals surface area contributed by atoms with Crippen molar-refractivity contribution in [2.24, 2.45) is 0 Å². The third kappa shape index (κ3) is 4.98. The molecule has 2 aromatic rings. The van der Waals surface area contributed by atoms with Gasteiger partial charge in [-0.2, -0.15) is 11.3 Å². The van der Waals surface area contributed by atoms with Crippen molar-refractivity contribution in [2.75, 3.05) is 39.3 Å². The molecule has 3 rings (SSSR count). The first kappa shape index (κ1) is 19.2. The molecule has 0 bridgehead atoms. The zero-order valence-corrected chi connectivity index (χ0v) is 16.4. The van der Waals surface area contributed by atoms with E-state index >= 15 is 0 Å². The maximum absolute atomic E-state index is 12.3. The second-order valence-corrected chi connectivity index (χ2v) is 7.71. The molecule has 0 radical (unpaired) electrons. The van der Waals surface area contributed by atoms with E-state index in [1.54, 1.807) is 18.2 Å². The van der Waals surface area contributed by atoms with Crippen molar-refractivity contribution >= 4 is 46.4 Å². The van der Waals surface area contributed by atoms with Gasteiger partial charge >= 0.3 is 0 Å². The van der Waals surface area contributed by atoms with Gasteiger partial charge in [-0.25, -0.2) is 0 Å². The first-order valence-electron chi connectivity index (χ1n) is 8.31. The third-order valence-corrected chi connectivity index (χ3v) is 5.39. The minimum atomic E-state index is -0.194. The van der Waals surface area contributed by atoms with E-state index in [1.165, 1.54) is 11.3 Å². The SMILES string of the molecule is O=C(NCCN1CCN(C(=O)c2ccsc2)CC1)c1cc(Cl)cc(Cl)c1. The highest BCUT2D eigenvalue weighted by Crippen LogP contribution is 2.19. The highest BCUT2D eigenvalue weighted by Gasteiger charge is 2.22. The van der Waals surface area contributed by atoms with E-state index in [-0.39, 0.29) is 11.8 Å². The molecule has 1 saturated heterocycles. The minimum absolute atomic E-state index is 0.0945. The van der Waals surface area contributed by atoms with E-state index in [1.807, 2.05) is 21.7 Å². The number of hydrogen-bond acceptors (Lipinski definition) is 4. The first-order valence-corrected chi connectivity index (χ1v) is 10.0. The van der Waals surface area contributed by atoms with Gasteiger partial charge in [0.1, 0.15) is 0 Å². The molecule has 0 saturated carbocycles. The largest absolute Gasteiger partial charge is 0.351 e. The summed E-state index contributed by atoms with van der Waals surface area (Å²) < 4.78 is 0. The predicted molar refractivity (Wildman–Crippen MR) is 105 cm³/mol. The fraction of sp³-hybridized carbons (Fsp3) is 0.333. The summed E-state index contributed by atoms with van der Waals surface area (Å²) in [5.41, 5.74) is 1.21. The fourth-order valence-corrected chi connectivity index (χ4v) is 4.01. The molecule has 2 heterocycles. The summed E-state index contributed by atoms with van der Waals surface area (Å²) in [5, 5.41) is 7.56. The molecule has 1 aliphatic heterocycles. The van der Waals surface area contributed by atoms with Gasteiger partial charge in [0.25, 0.3) is 11.8 Å². The number of rotatable bonds is 5. The van der Waals surface area contributed by atoms with Crippen LogP contribution in [-0.4, -0.2) is 60.9 Å². The molecule has 5 nitrogen and oxygen atoms in total. The number of nitrogens with zero attached hydrogens (tertiary/aromatic N) is 2. The Kier molecular flexibility index (Phi) is 6.53. The van der Waals surface area contributed by atoms with Crippen LogP contribution in [0, 0.1) is 0 Å². The van der Waals surface area contributed by atoms with Crippen LogP contribution in [0.4, 0.5) is 0 Å². The van der Waals surface area contributed by atoms with Gasteiger partial charge in [0.05, 0.1) is 5.56 Å². The molecule has 8 heteroatoms.